The normalized spacial score (nSPS) is 29.4. The summed E-state index contributed by atoms with van der Waals surface area (Å²) in [4.78, 5) is 2.42. The van der Waals surface area contributed by atoms with Crippen molar-refractivity contribution >= 4 is 0 Å². The van der Waals surface area contributed by atoms with Crippen LogP contribution in [0.1, 0.15) is 46.2 Å². The number of hydrogen-bond acceptors (Lipinski definition) is 2. The molecule has 0 saturated carbocycles. The third-order valence-electron chi connectivity index (χ3n) is 3.80. The monoisotopic (exact) mass is 247 g/mol. The first-order chi connectivity index (χ1) is 8.34. The second-order valence-electron chi connectivity index (χ2n) is 6.66. The van der Waals surface area contributed by atoms with Gasteiger partial charge in [-0.15, -0.1) is 0 Å². The van der Waals surface area contributed by atoms with Crippen molar-refractivity contribution in [3.05, 3.63) is 35.9 Å². The molecular formula is C16H25NO. The second-order valence-corrected chi connectivity index (χ2v) is 6.66. The average Bonchev–Trinajstić information content (AvgIpc) is 3.03. The van der Waals surface area contributed by atoms with Crippen molar-refractivity contribution in [3.8, 4) is 0 Å². The van der Waals surface area contributed by atoms with E-state index >= 15 is 0 Å². The molecule has 18 heavy (non-hydrogen) atoms. The Morgan fingerprint density at radius 2 is 1.67 bits per heavy atom. The molecule has 4 atom stereocenters. The van der Waals surface area contributed by atoms with Crippen molar-refractivity contribution in [3.63, 3.8) is 0 Å². The Bertz CT molecular complexity index is 393. The predicted molar refractivity (Wildman–Crippen MR) is 75.4 cm³/mol. The Morgan fingerprint density at radius 1 is 1.11 bits per heavy atom. The minimum absolute atomic E-state index is 0.0983. The molecule has 0 amide bonds. The minimum Gasteiger partial charge on any atom is -0.391 e. The van der Waals surface area contributed by atoms with Gasteiger partial charge in [0.05, 0.1) is 18.2 Å². The molecule has 0 aliphatic carbocycles. The summed E-state index contributed by atoms with van der Waals surface area (Å²) in [6.07, 6.45) is -0.255. The van der Waals surface area contributed by atoms with Crippen LogP contribution in [0.25, 0.3) is 0 Å². The summed E-state index contributed by atoms with van der Waals surface area (Å²) in [5.41, 5.74) is 1.42. The zero-order valence-electron chi connectivity index (χ0n) is 12.1. The Morgan fingerprint density at radius 3 is 2.11 bits per heavy atom. The zero-order chi connectivity index (χ0) is 13.5. The van der Waals surface area contributed by atoms with E-state index in [1.54, 1.807) is 0 Å². The van der Waals surface area contributed by atoms with Gasteiger partial charge >= 0.3 is 0 Å². The summed E-state index contributed by atoms with van der Waals surface area (Å²) in [6.45, 7) is 10.8. The van der Waals surface area contributed by atoms with Crippen LogP contribution < -0.4 is 0 Å². The molecule has 2 rings (SSSR count). The highest BCUT2D eigenvalue weighted by Gasteiger charge is 2.57. The van der Waals surface area contributed by atoms with Gasteiger partial charge in [0.25, 0.3) is 0 Å². The molecule has 0 radical (unpaired) electrons. The van der Waals surface area contributed by atoms with Crippen LogP contribution in [0.3, 0.4) is 0 Å². The molecule has 1 aliphatic rings. The predicted octanol–water partition coefficient (Wildman–Crippen LogP) is 3.23. The molecule has 0 bridgehead atoms. The molecule has 1 heterocycles. The van der Waals surface area contributed by atoms with Gasteiger partial charge in [0.2, 0.25) is 0 Å². The van der Waals surface area contributed by atoms with E-state index in [1.807, 2.05) is 6.07 Å². The summed E-state index contributed by atoms with van der Waals surface area (Å²) >= 11 is 0. The summed E-state index contributed by atoms with van der Waals surface area (Å²) < 4.78 is 0. The number of aliphatic hydroxyl groups excluding tert-OH is 1. The number of nitrogens with zero attached hydrogens (tertiary/aromatic N) is 1. The fourth-order valence-corrected chi connectivity index (χ4v) is 2.87. The van der Waals surface area contributed by atoms with Gasteiger partial charge < -0.3 is 5.11 Å². The van der Waals surface area contributed by atoms with Gasteiger partial charge in [-0.1, -0.05) is 44.2 Å². The van der Waals surface area contributed by atoms with Gasteiger partial charge in [0.15, 0.2) is 0 Å². The van der Waals surface area contributed by atoms with Gasteiger partial charge in [-0.25, -0.2) is 0 Å². The molecule has 1 aromatic rings. The van der Waals surface area contributed by atoms with Gasteiger partial charge in [-0.05, 0) is 32.3 Å². The maximum absolute atomic E-state index is 10.4. The van der Waals surface area contributed by atoms with Crippen LogP contribution >= 0.6 is 0 Å². The number of rotatable bonds is 3. The number of benzene rings is 1. The van der Waals surface area contributed by atoms with E-state index in [9.17, 15) is 5.11 Å². The first-order valence-corrected chi connectivity index (χ1v) is 6.85. The topological polar surface area (TPSA) is 23.2 Å². The molecule has 1 N–H and O–H groups in total. The van der Waals surface area contributed by atoms with E-state index in [4.69, 9.17) is 0 Å². The highest BCUT2D eigenvalue weighted by atomic mass is 16.3. The number of hydrogen-bond donors (Lipinski definition) is 1. The van der Waals surface area contributed by atoms with E-state index in [1.165, 1.54) is 5.56 Å². The fraction of sp³-hybridized carbons (Fsp3) is 0.625. The van der Waals surface area contributed by atoms with Crippen LogP contribution in [-0.2, 0) is 0 Å². The van der Waals surface area contributed by atoms with E-state index in [0.717, 1.165) is 0 Å². The van der Waals surface area contributed by atoms with E-state index in [0.29, 0.717) is 12.0 Å². The van der Waals surface area contributed by atoms with Gasteiger partial charge in [-0.2, -0.15) is 0 Å². The lowest BCUT2D eigenvalue weighted by molar-refractivity contribution is 0.0953. The summed E-state index contributed by atoms with van der Waals surface area (Å²) in [5, 5.41) is 10.4. The Kier molecular flexibility index (Phi) is 3.52. The molecule has 0 spiro atoms. The zero-order valence-corrected chi connectivity index (χ0v) is 12.1. The molecule has 0 aromatic heterocycles. The lowest BCUT2D eigenvalue weighted by atomic mass is 9.99. The first kappa shape index (κ1) is 13.6. The van der Waals surface area contributed by atoms with Crippen molar-refractivity contribution in [2.45, 2.75) is 58.3 Å². The standard InChI is InChI=1S/C16H25NO/c1-11(2)15(18)14-13(17(14)16(3,4)5)12-9-7-6-8-10-12/h6-11,13-15,18H,1-5H3/t13-,14-,15+,17?/m1/s1. The highest BCUT2D eigenvalue weighted by molar-refractivity contribution is 5.29. The van der Waals surface area contributed by atoms with Crippen LogP contribution in [-0.4, -0.2) is 27.7 Å². The maximum atomic E-state index is 10.4. The van der Waals surface area contributed by atoms with Gasteiger partial charge in [-0.3, -0.25) is 4.90 Å². The Labute approximate surface area is 111 Å². The fourth-order valence-electron chi connectivity index (χ4n) is 2.87. The van der Waals surface area contributed by atoms with Crippen LogP contribution in [0.15, 0.2) is 30.3 Å². The van der Waals surface area contributed by atoms with Crippen molar-refractivity contribution in [2.24, 2.45) is 5.92 Å². The molecule has 2 nitrogen and oxygen atoms in total. The highest BCUT2D eigenvalue weighted by Crippen LogP contribution is 2.51. The SMILES string of the molecule is CC(C)[C@H](O)[C@H]1[C@@H](c2ccccc2)N1C(C)(C)C. The number of aliphatic hydroxyl groups is 1. The van der Waals surface area contributed by atoms with Crippen molar-refractivity contribution in [1.29, 1.82) is 0 Å². The summed E-state index contributed by atoms with van der Waals surface area (Å²) in [5.74, 6) is 0.300. The molecule has 1 fully saturated rings. The molecule has 2 heteroatoms. The second kappa shape index (κ2) is 4.67. The van der Waals surface area contributed by atoms with Crippen LogP contribution in [0, 0.1) is 5.92 Å². The van der Waals surface area contributed by atoms with Crippen LogP contribution in [0.5, 0.6) is 0 Å². The first-order valence-electron chi connectivity index (χ1n) is 6.85. The third-order valence-corrected chi connectivity index (χ3v) is 3.80. The van der Waals surface area contributed by atoms with Crippen molar-refractivity contribution in [1.82, 2.24) is 4.90 Å². The smallest absolute Gasteiger partial charge is 0.0737 e. The van der Waals surface area contributed by atoms with E-state index in [2.05, 4.69) is 63.8 Å². The van der Waals surface area contributed by atoms with E-state index < -0.39 is 0 Å². The molecule has 1 saturated heterocycles. The Hall–Kier alpha value is -0.860. The summed E-state index contributed by atoms with van der Waals surface area (Å²) in [6, 6.07) is 11.1. The maximum Gasteiger partial charge on any atom is 0.0737 e. The average molecular weight is 247 g/mol. The lowest BCUT2D eigenvalue weighted by Crippen LogP contribution is -2.33. The van der Waals surface area contributed by atoms with Crippen LogP contribution in [0.4, 0.5) is 0 Å². The molecule has 100 valence electrons. The molecule has 1 aliphatic heterocycles. The van der Waals surface area contributed by atoms with Crippen molar-refractivity contribution in [2.75, 3.05) is 0 Å². The van der Waals surface area contributed by atoms with Crippen molar-refractivity contribution < 1.29 is 5.11 Å². The lowest BCUT2D eigenvalue weighted by Gasteiger charge is -2.24. The Balaban J connectivity index is 2.24. The van der Waals surface area contributed by atoms with Crippen LogP contribution in [0.2, 0.25) is 0 Å². The molecular weight excluding hydrogens is 222 g/mol. The third kappa shape index (κ3) is 2.45. The van der Waals surface area contributed by atoms with Gasteiger partial charge in [0.1, 0.15) is 0 Å². The summed E-state index contributed by atoms with van der Waals surface area (Å²) in [7, 11) is 0. The molecule has 1 unspecified atom stereocenters. The minimum atomic E-state index is -0.255. The van der Waals surface area contributed by atoms with Gasteiger partial charge in [0, 0.05) is 5.54 Å². The molecule has 1 aromatic carbocycles. The quantitative estimate of drug-likeness (QED) is 0.829. The van der Waals surface area contributed by atoms with E-state index in [-0.39, 0.29) is 17.7 Å². The largest absolute Gasteiger partial charge is 0.391 e.